The van der Waals surface area contributed by atoms with Crippen LogP contribution in [0, 0.1) is 11.3 Å². The highest BCUT2D eigenvalue weighted by atomic mass is 16.5. The molecule has 4 heteroatoms. The molecule has 1 aromatic heterocycles. The van der Waals surface area contributed by atoms with Gasteiger partial charge in [0.05, 0.1) is 24.2 Å². The van der Waals surface area contributed by atoms with Gasteiger partial charge in [-0.3, -0.25) is 0 Å². The molecule has 1 fully saturated rings. The summed E-state index contributed by atoms with van der Waals surface area (Å²) in [5.41, 5.74) is 2.12. The Labute approximate surface area is 106 Å². The molecule has 18 heavy (non-hydrogen) atoms. The minimum absolute atomic E-state index is 0.0677. The second-order valence-corrected chi connectivity index (χ2v) is 4.64. The van der Waals surface area contributed by atoms with Crippen molar-refractivity contribution in [3.8, 4) is 6.07 Å². The summed E-state index contributed by atoms with van der Waals surface area (Å²) in [5.74, 6) is 0. The third kappa shape index (κ3) is 1.98. The Hall–Kier alpha value is -1.86. The smallest absolute Gasteiger partial charge is 0.150 e. The summed E-state index contributed by atoms with van der Waals surface area (Å²) in [4.78, 5) is 0. The lowest BCUT2D eigenvalue weighted by molar-refractivity contribution is -0.0366. The lowest BCUT2D eigenvalue weighted by atomic mass is 10.1. The molecule has 2 aromatic rings. The Morgan fingerprint density at radius 1 is 1.44 bits per heavy atom. The lowest BCUT2D eigenvalue weighted by Gasteiger charge is -2.23. The molecule has 0 spiro atoms. The molecule has 0 aliphatic carbocycles. The first-order valence-electron chi connectivity index (χ1n) is 6.33. The van der Waals surface area contributed by atoms with Crippen LogP contribution in [0.4, 0.5) is 0 Å². The van der Waals surface area contributed by atoms with Gasteiger partial charge in [0.25, 0.3) is 0 Å². The van der Waals surface area contributed by atoms with Gasteiger partial charge in [-0.15, -0.1) is 0 Å². The van der Waals surface area contributed by atoms with E-state index in [1.165, 1.54) is 6.42 Å². The molecule has 1 aromatic carbocycles. The number of rotatable bonds is 2. The van der Waals surface area contributed by atoms with Crippen molar-refractivity contribution in [2.24, 2.45) is 0 Å². The normalized spacial score (nSPS) is 19.8. The van der Waals surface area contributed by atoms with E-state index >= 15 is 0 Å². The summed E-state index contributed by atoms with van der Waals surface area (Å²) in [6.07, 6.45) is 5.73. The van der Waals surface area contributed by atoms with Crippen molar-refractivity contribution in [1.29, 1.82) is 5.26 Å². The molecule has 1 aliphatic rings. The van der Waals surface area contributed by atoms with E-state index in [0.717, 1.165) is 35.9 Å². The van der Waals surface area contributed by atoms with Crippen LogP contribution < -0.4 is 0 Å². The Morgan fingerprint density at radius 2 is 2.39 bits per heavy atom. The highest BCUT2D eigenvalue weighted by Crippen LogP contribution is 2.26. The summed E-state index contributed by atoms with van der Waals surface area (Å²) in [6.45, 7) is 0.818. The van der Waals surface area contributed by atoms with Gasteiger partial charge in [0.15, 0.2) is 6.23 Å². The van der Waals surface area contributed by atoms with E-state index in [4.69, 9.17) is 10.00 Å². The van der Waals surface area contributed by atoms with Gasteiger partial charge in [0, 0.05) is 12.0 Å². The first kappa shape index (κ1) is 11.2. The summed E-state index contributed by atoms with van der Waals surface area (Å²) >= 11 is 0. The van der Waals surface area contributed by atoms with Gasteiger partial charge in [-0.05, 0) is 37.0 Å². The third-order valence-corrected chi connectivity index (χ3v) is 3.37. The fraction of sp³-hybridized carbons (Fsp3) is 0.429. The van der Waals surface area contributed by atoms with Crippen molar-refractivity contribution >= 4 is 10.9 Å². The zero-order valence-electron chi connectivity index (χ0n) is 10.2. The van der Waals surface area contributed by atoms with Gasteiger partial charge in [0.2, 0.25) is 0 Å². The quantitative estimate of drug-likeness (QED) is 0.812. The molecule has 0 radical (unpaired) electrons. The summed E-state index contributed by atoms with van der Waals surface area (Å²) < 4.78 is 7.72. The predicted molar refractivity (Wildman–Crippen MR) is 67.9 cm³/mol. The van der Waals surface area contributed by atoms with Gasteiger partial charge in [-0.25, -0.2) is 4.68 Å². The number of fused-ring (bicyclic) bond motifs is 1. The molecule has 1 atom stereocenters. The molecule has 0 N–H and O–H groups in total. The zero-order valence-corrected chi connectivity index (χ0v) is 10.2. The number of benzene rings is 1. The molecule has 0 amide bonds. The first-order valence-corrected chi connectivity index (χ1v) is 6.33. The van der Waals surface area contributed by atoms with E-state index in [1.807, 2.05) is 29.1 Å². The molecule has 92 valence electrons. The van der Waals surface area contributed by atoms with Crippen molar-refractivity contribution in [1.82, 2.24) is 9.78 Å². The molecular weight excluding hydrogens is 226 g/mol. The minimum Gasteiger partial charge on any atom is -0.356 e. The van der Waals surface area contributed by atoms with E-state index in [0.29, 0.717) is 6.42 Å². The van der Waals surface area contributed by atoms with Gasteiger partial charge in [0.1, 0.15) is 0 Å². The molecule has 0 saturated carbocycles. The number of ether oxygens (including phenoxy) is 1. The van der Waals surface area contributed by atoms with Crippen molar-refractivity contribution in [3.63, 3.8) is 0 Å². The number of nitrogens with zero attached hydrogens (tertiary/aromatic N) is 3. The Morgan fingerprint density at radius 3 is 3.17 bits per heavy atom. The molecule has 1 unspecified atom stereocenters. The van der Waals surface area contributed by atoms with Crippen LogP contribution in [0.5, 0.6) is 0 Å². The van der Waals surface area contributed by atoms with Crippen molar-refractivity contribution in [3.05, 3.63) is 30.0 Å². The highest BCUT2D eigenvalue weighted by Gasteiger charge is 2.18. The Balaban J connectivity index is 1.96. The average molecular weight is 241 g/mol. The monoisotopic (exact) mass is 241 g/mol. The molecule has 0 bridgehead atoms. The van der Waals surface area contributed by atoms with Gasteiger partial charge in [-0.2, -0.15) is 10.4 Å². The van der Waals surface area contributed by atoms with E-state index in [1.54, 1.807) is 0 Å². The van der Waals surface area contributed by atoms with Crippen LogP contribution in [0.1, 0.15) is 31.1 Å². The first-order chi connectivity index (χ1) is 8.88. The van der Waals surface area contributed by atoms with Crippen LogP contribution >= 0.6 is 0 Å². The molecule has 2 heterocycles. The maximum atomic E-state index is 8.71. The van der Waals surface area contributed by atoms with Crippen molar-refractivity contribution < 1.29 is 4.74 Å². The van der Waals surface area contributed by atoms with Gasteiger partial charge >= 0.3 is 0 Å². The molecule has 1 saturated heterocycles. The van der Waals surface area contributed by atoms with E-state index in [9.17, 15) is 0 Å². The van der Waals surface area contributed by atoms with Gasteiger partial charge in [-0.1, -0.05) is 6.07 Å². The molecule has 3 rings (SSSR count). The summed E-state index contributed by atoms with van der Waals surface area (Å²) in [7, 11) is 0. The minimum atomic E-state index is 0.0677. The fourth-order valence-corrected chi connectivity index (χ4v) is 2.45. The van der Waals surface area contributed by atoms with Crippen LogP contribution in [0.3, 0.4) is 0 Å². The number of aromatic nitrogens is 2. The maximum absolute atomic E-state index is 8.71. The second kappa shape index (κ2) is 4.79. The van der Waals surface area contributed by atoms with Crippen LogP contribution in [0.15, 0.2) is 24.4 Å². The summed E-state index contributed by atoms with van der Waals surface area (Å²) in [5, 5.41) is 14.2. The van der Waals surface area contributed by atoms with Crippen LogP contribution in [-0.4, -0.2) is 16.4 Å². The van der Waals surface area contributed by atoms with Gasteiger partial charge < -0.3 is 4.74 Å². The standard InChI is InChI=1S/C14H15N3O/c15-7-6-11-4-5-13-12(9-11)10-16-17(13)14-3-1-2-8-18-14/h4-5,9-10,14H,1-3,6,8H2. The Bertz CT molecular complexity index is 591. The largest absolute Gasteiger partial charge is 0.356 e. The SMILES string of the molecule is N#CCc1ccc2c(cnn2C2CCCCO2)c1. The van der Waals surface area contributed by atoms with E-state index < -0.39 is 0 Å². The van der Waals surface area contributed by atoms with Crippen LogP contribution in [-0.2, 0) is 11.2 Å². The highest BCUT2D eigenvalue weighted by molar-refractivity contribution is 5.79. The number of hydrogen-bond donors (Lipinski definition) is 0. The number of nitriles is 1. The molecule has 4 nitrogen and oxygen atoms in total. The number of hydrogen-bond acceptors (Lipinski definition) is 3. The van der Waals surface area contributed by atoms with Crippen molar-refractivity contribution in [2.75, 3.05) is 6.61 Å². The second-order valence-electron chi connectivity index (χ2n) is 4.64. The lowest BCUT2D eigenvalue weighted by Crippen LogP contribution is -2.18. The molecular formula is C14H15N3O. The van der Waals surface area contributed by atoms with E-state index in [2.05, 4.69) is 11.2 Å². The van der Waals surface area contributed by atoms with Crippen LogP contribution in [0.2, 0.25) is 0 Å². The Kier molecular flexibility index (Phi) is 2.99. The zero-order chi connectivity index (χ0) is 12.4. The predicted octanol–water partition coefficient (Wildman–Crippen LogP) is 2.80. The topological polar surface area (TPSA) is 50.8 Å². The van der Waals surface area contributed by atoms with Crippen molar-refractivity contribution in [2.45, 2.75) is 31.9 Å². The van der Waals surface area contributed by atoms with E-state index in [-0.39, 0.29) is 6.23 Å². The average Bonchev–Trinajstić information content (AvgIpc) is 2.83. The third-order valence-electron chi connectivity index (χ3n) is 3.37. The van der Waals surface area contributed by atoms with Crippen LogP contribution in [0.25, 0.3) is 10.9 Å². The molecule has 1 aliphatic heterocycles. The summed E-state index contributed by atoms with van der Waals surface area (Å²) in [6, 6.07) is 8.23. The fourth-order valence-electron chi connectivity index (χ4n) is 2.45. The maximum Gasteiger partial charge on any atom is 0.150 e.